The first-order chi connectivity index (χ1) is 7.58. The summed E-state index contributed by atoms with van der Waals surface area (Å²) < 4.78 is 29.0. The van der Waals surface area contributed by atoms with E-state index in [4.69, 9.17) is 4.74 Å². The van der Waals surface area contributed by atoms with Crippen molar-refractivity contribution in [3.63, 3.8) is 0 Å². The van der Waals surface area contributed by atoms with E-state index in [-0.39, 0.29) is 18.2 Å². The number of amides is 1. The standard InChI is InChI=1S/C10H20N2O4S/c1-10(2,3)11-9(13)16-8-5-6-12(7-8)17(4,14)15/h8H,5-7H2,1-4H3,(H,11,13). The van der Waals surface area contributed by atoms with E-state index in [1.165, 1.54) is 4.31 Å². The number of nitrogens with one attached hydrogen (secondary N) is 1. The van der Waals surface area contributed by atoms with E-state index >= 15 is 0 Å². The molecule has 0 aromatic carbocycles. The Hall–Kier alpha value is -0.820. The lowest BCUT2D eigenvalue weighted by Crippen LogP contribution is -2.42. The van der Waals surface area contributed by atoms with Crippen molar-refractivity contribution < 1.29 is 17.9 Å². The molecule has 6 nitrogen and oxygen atoms in total. The van der Waals surface area contributed by atoms with E-state index in [1.54, 1.807) is 0 Å². The van der Waals surface area contributed by atoms with Crippen LogP contribution in [0, 0.1) is 0 Å². The third-order valence-corrected chi connectivity index (χ3v) is 3.60. The minimum atomic E-state index is -3.18. The summed E-state index contributed by atoms with van der Waals surface area (Å²) in [7, 11) is -3.18. The molecule has 1 fully saturated rings. The van der Waals surface area contributed by atoms with Crippen LogP contribution in [-0.4, -0.2) is 49.8 Å². The summed E-state index contributed by atoms with van der Waals surface area (Å²) in [4.78, 5) is 11.5. The number of nitrogens with zero attached hydrogens (tertiary/aromatic N) is 1. The Morgan fingerprint density at radius 3 is 2.41 bits per heavy atom. The Morgan fingerprint density at radius 2 is 2.00 bits per heavy atom. The zero-order chi connectivity index (χ0) is 13.3. The van der Waals surface area contributed by atoms with Gasteiger partial charge in [-0.05, 0) is 27.2 Å². The van der Waals surface area contributed by atoms with Crippen LogP contribution in [0.5, 0.6) is 0 Å². The number of hydrogen-bond donors (Lipinski definition) is 1. The smallest absolute Gasteiger partial charge is 0.407 e. The van der Waals surface area contributed by atoms with Crippen LogP contribution in [0.3, 0.4) is 0 Å². The van der Waals surface area contributed by atoms with E-state index in [0.29, 0.717) is 13.0 Å². The lowest BCUT2D eigenvalue weighted by molar-refractivity contribution is 0.0978. The highest BCUT2D eigenvalue weighted by atomic mass is 32.2. The van der Waals surface area contributed by atoms with E-state index in [9.17, 15) is 13.2 Å². The monoisotopic (exact) mass is 264 g/mol. The molecular weight excluding hydrogens is 244 g/mol. The van der Waals surface area contributed by atoms with Crippen LogP contribution < -0.4 is 5.32 Å². The molecule has 0 aromatic heterocycles. The Bertz CT molecular complexity index is 386. The van der Waals surface area contributed by atoms with Gasteiger partial charge >= 0.3 is 6.09 Å². The van der Waals surface area contributed by atoms with Gasteiger partial charge in [-0.15, -0.1) is 0 Å². The molecule has 1 heterocycles. The lowest BCUT2D eigenvalue weighted by Gasteiger charge is -2.22. The van der Waals surface area contributed by atoms with Crippen molar-refractivity contribution in [2.75, 3.05) is 19.3 Å². The van der Waals surface area contributed by atoms with Crippen molar-refractivity contribution in [2.24, 2.45) is 0 Å². The molecule has 1 N–H and O–H groups in total. The van der Waals surface area contributed by atoms with Crippen LogP contribution in [0.4, 0.5) is 4.79 Å². The fourth-order valence-corrected chi connectivity index (χ4v) is 2.46. The molecule has 1 amide bonds. The second kappa shape index (κ2) is 4.81. The normalized spacial score (nSPS) is 22.5. The van der Waals surface area contributed by atoms with Gasteiger partial charge < -0.3 is 10.1 Å². The molecule has 1 atom stereocenters. The summed E-state index contributed by atoms with van der Waals surface area (Å²) in [5.41, 5.74) is -0.355. The third-order valence-electron chi connectivity index (χ3n) is 2.33. The van der Waals surface area contributed by atoms with Crippen molar-refractivity contribution in [2.45, 2.75) is 38.8 Å². The zero-order valence-corrected chi connectivity index (χ0v) is 11.5. The van der Waals surface area contributed by atoms with Crippen LogP contribution in [-0.2, 0) is 14.8 Å². The van der Waals surface area contributed by atoms with Gasteiger partial charge in [-0.2, -0.15) is 4.31 Å². The molecule has 1 saturated heterocycles. The minimum Gasteiger partial charge on any atom is -0.445 e. The zero-order valence-electron chi connectivity index (χ0n) is 10.7. The van der Waals surface area contributed by atoms with Crippen molar-refractivity contribution in [3.8, 4) is 0 Å². The first kappa shape index (κ1) is 14.2. The Kier molecular flexibility index (Phi) is 4.03. The largest absolute Gasteiger partial charge is 0.445 e. The average molecular weight is 264 g/mol. The number of carbonyl (C=O) groups is 1. The van der Waals surface area contributed by atoms with Gasteiger partial charge in [0.2, 0.25) is 10.0 Å². The minimum absolute atomic E-state index is 0.246. The fraction of sp³-hybridized carbons (Fsp3) is 0.900. The fourth-order valence-electron chi connectivity index (χ4n) is 1.58. The van der Waals surface area contributed by atoms with Gasteiger partial charge in [0.05, 0.1) is 12.8 Å². The molecule has 0 radical (unpaired) electrons. The van der Waals surface area contributed by atoms with Crippen molar-refractivity contribution in [1.82, 2.24) is 9.62 Å². The lowest BCUT2D eigenvalue weighted by atomic mass is 10.1. The van der Waals surface area contributed by atoms with Crippen LogP contribution in [0.15, 0.2) is 0 Å². The van der Waals surface area contributed by atoms with E-state index in [0.717, 1.165) is 6.26 Å². The van der Waals surface area contributed by atoms with E-state index in [2.05, 4.69) is 5.32 Å². The maximum absolute atomic E-state index is 11.5. The van der Waals surface area contributed by atoms with Crippen LogP contribution in [0.2, 0.25) is 0 Å². The Morgan fingerprint density at radius 1 is 1.41 bits per heavy atom. The summed E-state index contributed by atoms with van der Waals surface area (Å²) in [6, 6.07) is 0. The first-order valence-corrected chi connectivity index (χ1v) is 7.37. The second-order valence-electron chi connectivity index (χ2n) is 5.31. The first-order valence-electron chi connectivity index (χ1n) is 5.52. The predicted molar refractivity (Wildman–Crippen MR) is 64.2 cm³/mol. The molecule has 100 valence electrons. The van der Waals surface area contributed by atoms with Crippen LogP contribution in [0.25, 0.3) is 0 Å². The van der Waals surface area contributed by atoms with Gasteiger partial charge in [-0.3, -0.25) is 0 Å². The summed E-state index contributed by atoms with van der Waals surface area (Å²) >= 11 is 0. The molecule has 1 aliphatic rings. The van der Waals surface area contributed by atoms with Crippen molar-refractivity contribution in [1.29, 1.82) is 0 Å². The highest BCUT2D eigenvalue weighted by molar-refractivity contribution is 7.88. The number of rotatable bonds is 2. The Labute approximate surface area is 102 Å². The van der Waals surface area contributed by atoms with Crippen LogP contribution >= 0.6 is 0 Å². The average Bonchev–Trinajstić information content (AvgIpc) is 2.47. The topological polar surface area (TPSA) is 75.7 Å². The molecule has 1 aliphatic heterocycles. The molecule has 0 bridgehead atoms. The molecule has 0 spiro atoms. The third kappa shape index (κ3) is 4.91. The van der Waals surface area contributed by atoms with Gasteiger partial charge in [0.25, 0.3) is 0 Å². The molecule has 0 saturated carbocycles. The van der Waals surface area contributed by atoms with E-state index in [1.807, 2.05) is 20.8 Å². The maximum atomic E-state index is 11.5. The van der Waals surface area contributed by atoms with Gasteiger partial charge in [-0.25, -0.2) is 13.2 Å². The second-order valence-corrected chi connectivity index (χ2v) is 7.29. The van der Waals surface area contributed by atoms with E-state index < -0.39 is 16.1 Å². The number of sulfonamides is 1. The molecule has 0 aliphatic carbocycles. The number of alkyl carbamates (subject to hydrolysis) is 1. The molecule has 0 aromatic rings. The molecule has 17 heavy (non-hydrogen) atoms. The maximum Gasteiger partial charge on any atom is 0.407 e. The molecule has 7 heteroatoms. The van der Waals surface area contributed by atoms with Gasteiger partial charge in [-0.1, -0.05) is 0 Å². The highest BCUT2D eigenvalue weighted by Gasteiger charge is 2.31. The van der Waals surface area contributed by atoms with Crippen molar-refractivity contribution in [3.05, 3.63) is 0 Å². The SMILES string of the molecule is CC(C)(C)NC(=O)OC1CCN(S(C)(=O)=O)C1. The predicted octanol–water partition coefficient (Wildman–Crippen LogP) is 0.545. The molecule has 1 rings (SSSR count). The summed E-state index contributed by atoms with van der Waals surface area (Å²) in [5, 5.41) is 2.67. The quantitative estimate of drug-likeness (QED) is 0.790. The van der Waals surface area contributed by atoms with Crippen molar-refractivity contribution >= 4 is 16.1 Å². The summed E-state index contributed by atoms with van der Waals surface area (Å²) in [6.45, 7) is 6.21. The molecule has 1 unspecified atom stereocenters. The Balaban J connectivity index is 2.44. The van der Waals surface area contributed by atoms with Gasteiger partial charge in [0.15, 0.2) is 0 Å². The van der Waals surface area contributed by atoms with Crippen LogP contribution in [0.1, 0.15) is 27.2 Å². The number of carbonyl (C=O) groups excluding carboxylic acids is 1. The summed E-state index contributed by atoms with van der Waals surface area (Å²) in [5.74, 6) is 0. The molecular formula is C10H20N2O4S. The van der Waals surface area contributed by atoms with Gasteiger partial charge in [0.1, 0.15) is 6.10 Å². The number of hydrogen-bond acceptors (Lipinski definition) is 4. The number of ether oxygens (including phenoxy) is 1. The summed E-state index contributed by atoms with van der Waals surface area (Å²) in [6.07, 6.45) is 0.847. The van der Waals surface area contributed by atoms with Gasteiger partial charge in [0, 0.05) is 12.1 Å². The highest BCUT2D eigenvalue weighted by Crippen LogP contribution is 2.16.